The summed E-state index contributed by atoms with van der Waals surface area (Å²) < 4.78 is 4.98. The highest BCUT2D eigenvalue weighted by Gasteiger charge is 2.28. The Labute approximate surface area is 110 Å². The second-order valence-corrected chi connectivity index (χ2v) is 4.80. The van der Waals surface area contributed by atoms with Crippen LogP contribution in [0.2, 0.25) is 0 Å². The van der Waals surface area contributed by atoms with Crippen molar-refractivity contribution in [2.24, 2.45) is 0 Å². The summed E-state index contributed by atoms with van der Waals surface area (Å²) >= 11 is 0. The molecule has 0 radical (unpaired) electrons. The van der Waals surface area contributed by atoms with Crippen molar-refractivity contribution in [3.8, 4) is 0 Å². The van der Waals surface area contributed by atoms with Gasteiger partial charge in [-0.15, -0.1) is 6.58 Å². The van der Waals surface area contributed by atoms with E-state index in [9.17, 15) is 9.90 Å². The Bertz CT molecular complexity index is 268. The number of hydrogen-bond acceptors (Lipinski definition) is 4. The molecule has 1 saturated carbocycles. The molecular formula is C14H25NO3. The fourth-order valence-electron chi connectivity index (χ4n) is 2.55. The summed E-state index contributed by atoms with van der Waals surface area (Å²) in [5.74, 6) is -0.226. The van der Waals surface area contributed by atoms with Crippen molar-refractivity contribution in [1.29, 1.82) is 0 Å². The molecule has 0 amide bonds. The van der Waals surface area contributed by atoms with E-state index in [1.54, 1.807) is 13.0 Å². The number of carbonyl (C=O) groups excluding carboxylic acids is 1. The highest BCUT2D eigenvalue weighted by atomic mass is 16.5. The van der Waals surface area contributed by atoms with E-state index in [1.165, 1.54) is 0 Å². The number of esters is 1. The molecule has 2 atom stereocenters. The molecule has 0 aromatic carbocycles. The van der Waals surface area contributed by atoms with Gasteiger partial charge in [-0.05, 0) is 19.8 Å². The third-order valence-corrected chi connectivity index (χ3v) is 3.41. The number of aliphatic hydroxyl groups excluding tert-OH is 1. The molecule has 0 aromatic rings. The largest absolute Gasteiger partial charge is 0.465 e. The molecule has 0 aliphatic heterocycles. The van der Waals surface area contributed by atoms with E-state index < -0.39 is 0 Å². The lowest BCUT2D eigenvalue weighted by Gasteiger charge is -2.32. The van der Waals surface area contributed by atoms with Gasteiger partial charge in [-0.3, -0.25) is 9.69 Å². The predicted octanol–water partition coefficient (Wildman–Crippen LogP) is 1.73. The SMILES string of the molecule is C=CCN(CC(=O)OCC)C1CCCCCC1O. The van der Waals surface area contributed by atoms with Gasteiger partial charge in [0.1, 0.15) is 0 Å². The van der Waals surface area contributed by atoms with E-state index in [0.29, 0.717) is 13.2 Å². The van der Waals surface area contributed by atoms with Crippen LogP contribution in [0.15, 0.2) is 12.7 Å². The van der Waals surface area contributed by atoms with E-state index in [2.05, 4.69) is 6.58 Å². The Morgan fingerprint density at radius 1 is 1.44 bits per heavy atom. The summed E-state index contributed by atoms with van der Waals surface area (Å²) in [6.07, 6.45) is 6.53. The fraction of sp³-hybridized carbons (Fsp3) is 0.786. The first-order chi connectivity index (χ1) is 8.69. The number of ether oxygens (including phenoxy) is 1. The van der Waals surface area contributed by atoms with Crippen molar-refractivity contribution < 1.29 is 14.6 Å². The molecule has 0 heterocycles. The zero-order chi connectivity index (χ0) is 13.4. The number of aliphatic hydroxyl groups is 1. The minimum Gasteiger partial charge on any atom is -0.465 e. The number of hydrogen-bond donors (Lipinski definition) is 1. The minimum absolute atomic E-state index is 0.0508. The highest BCUT2D eigenvalue weighted by molar-refractivity contribution is 5.71. The lowest BCUT2D eigenvalue weighted by Crippen LogP contribution is -2.46. The van der Waals surface area contributed by atoms with E-state index in [0.717, 1.165) is 32.1 Å². The molecule has 1 aliphatic rings. The van der Waals surface area contributed by atoms with Gasteiger partial charge < -0.3 is 9.84 Å². The highest BCUT2D eigenvalue weighted by Crippen LogP contribution is 2.22. The van der Waals surface area contributed by atoms with E-state index in [4.69, 9.17) is 4.74 Å². The predicted molar refractivity (Wildman–Crippen MR) is 71.3 cm³/mol. The second-order valence-electron chi connectivity index (χ2n) is 4.80. The zero-order valence-electron chi connectivity index (χ0n) is 11.3. The molecule has 18 heavy (non-hydrogen) atoms. The van der Waals surface area contributed by atoms with Crippen LogP contribution in [0.4, 0.5) is 0 Å². The molecule has 4 heteroatoms. The molecule has 0 saturated heterocycles. The molecule has 1 fully saturated rings. The Kier molecular flexibility index (Phi) is 6.98. The average Bonchev–Trinajstić information content (AvgIpc) is 2.54. The standard InChI is InChI=1S/C14H25NO3/c1-3-10-15(11-14(17)18-4-2)12-8-6-5-7-9-13(12)16/h3,12-13,16H,1,4-11H2,2H3. The van der Waals surface area contributed by atoms with Crippen molar-refractivity contribution in [3.05, 3.63) is 12.7 Å². The smallest absolute Gasteiger partial charge is 0.320 e. The van der Waals surface area contributed by atoms with Gasteiger partial charge in [0.2, 0.25) is 0 Å². The van der Waals surface area contributed by atoms with Crippen molar-refractivity contribution in [2.45, 2.75) is 51.2 Å². The van der Waals surface area contributed by atoms with E-state index in [1.807, 2.05) is 4.90 Å². The van der Waals surface area contributed by atoms with E-state index >= 15 is 0 Å². The molecule has 0 bridgehead atoms. The fourth-order valence-corrected chi connectivity index (χ4v) is 2.55. The van der Waals surface area contributed by atoms with Gasteiger partial charge in [0, 0.05) is 12.6 Å². The molecule has 104 valence electrons. The Balaban J connectivity index is 2.62. The van der Waals surface area contributed by atoms with Crippen LogP contribution >= 0.6 is 0 Å². The van der Waals surface area contributed by atoms with Crippen LogP contribution in [0, 0.1) is 0 Å². The third kappa shape index (κ3) is 4.78. The Hall–Kier alpha value is -0.870. The van der Waals surface area contributed by atoms with Gasteiger partial charge in [0.25, 0.3) is 0 Å². The van der Waals surface area contributed by atoms with Crippen LogP contribution in [0.3, 0.4) is 0 Å². The van der Waals surface area contributed by atoms with E-state index in [-0.39, 0.29) is 24.7 Å². The van der Waals surface area contributed by atoms with Crippen LogP contribution in [0.5, 0.6) is 0 Å². The van der Waals surface area contributed by atoms with Crippen molar-refractivity contribution in [3.63, 3.8) is 0 Å². The van der Waals surface area contributed by atoms with Crippen molar-refractivity contribution in [2.75, 3.05) is 19.7 Å². The molecule has 0 aromatic heterocycles. The monoisotopic (exact) mass is 255 g/mol. The number of nitrogens with zero attached hydrogens (tertiary/aromatic N) is 1. The maximum atomic E-state index is 11.6. The summed E-state index contributed by atoms with van der Waals surface area (Å²) in [5.41, 5.74) is 0. The molecule has 1 N–H and O–H groups in total. The molecule has 2 unspecified atom stereocenters. The maximum Gasteiger partial charge on any atom is 0.320 e. The maximum absolute atomic E-state index is 11.6. The molecule has 4 nitrogen and oxygen atoms in total. The first kappa shape index (κ1) is 15.2. The summed E-state index contributed by atoms with van der Waals surface area (Å²) in [5, 5.41) is 10.2. The zero-order valence-corrected chi connectivity index (χ0v) is 11.3. The van der Waals surface area contributed by atoms with Crippen molar-refractivity contribution >= 4 is 5.97 Å². The molecular weight excluding hydrogens is 230 g/mol. The van der Waals surface area contributed by atoms with Gasteiger partial charge in [-0.2, -0.15) is 0 Å². The van der Waals surface area contributed by atoms with Gasteiger partial charge >= 0.3 is 5.97 Å². The second kappa shape index (κ2) is 8.27. The van der Waals surface area contributed by atoms with Crippen LogP contribution in [-0.4, -0.2) is 47.8 Å². The number of carbonyl (C=O) groups is 1. The molecule has 1 aliphatic carbocycles. The Morgan fingerprint density at radius 3 is 2.83 bits per heavy atom. The topological polar surface area (TPSA) is 49.8 Å². The van der Waals surface area contributed by atoms with Crippen LogP contribution in [0.25, 0.3) is 0 Å². The average molecular weight is 255 g/mol. The normalized spacial score (nSPS) is 24.6. The van der Waals surface area contributed by atoms with Gasteiger partial charge in [-0.1, -0.05) is 25.3 Å². The summed E-state index contributed by atoms with van der Waals surface area (Å²) in [6.45, 7) is 6.77. The lowest BCUT2D eigenvalue weighted by molar-refractivity contribution is -0.145. The van der Waals surface area contributed by atoms with Crippen LogP contribution in [0.1, 0.15) is 39.0 Å². The number of rotatable bonds is 6. The van der Waals surface area contributed by atoms with Crippen LogP contribution < -0.4 is 0 Å². The minimum atomic E-state index is -0.345. The first-order valence-electron chi connectivity index (χ1n) is 6.87. The summed E-state index contributed by atoms with van der Waals surface area (Å²) in [7, 11) is 0. The quantitative estimate of drug-likeness (QED) is 0.446. The van der Waals surface area contributed by atoms with Gasteiger partial charge in [-0.25, -0.2) is 0 Å². The third-order valence-electron chi connectivity index (χ3n) is 3.41. The van der Waals surface area contributed by atoms with Crippen molar-refractivity contribution in [1.82, 2.24) is 4.90 Å². The summed E-state index contributed by atoms with van der Waals surface area (Å²) in [4.78, 5) is 13.6. The molecule has 1 rings (SSSR count). The van der Waals surface area contributed by atoms with Gasteiger partial charge in [0.05, 0.1) is 19.3 Å². The van der Waals surface area contributed by atoms with Crippen LogP contribution in [-0.2, 0) is 9.53 Å². The summed E-state index contributed by atoms with van der Waals surface area (Å²) in [6, 6.07) is 0.0508. The molecule has 0 spiro atoms. The Morgan fingerprint density at radius 2 is 2.17 bits per heavy atom. The lowest BCUT2D eigenvalue weighted by atomic mass is 10.0. The first-order valence-corrected chi connectivity index (χ1v) is 6.87. The van der Waals surface area contributed by atoms with Gasteiger partial charge in [0.15, 0.2) is 0 Å².